The lowest BCUT2D eigenvalue weighted by molar-refractivity contribution is -0.00290. The van der Waals surface area contributed by atoms with E-state index in [0.29, 0.717) is 18.0 Å². The number of hydrogen-bond acceptors (Lipinski definition) is 6. The molecule has 0 bridgehead atoms. The van der Waals surface area contributed by atoms with Crippen molar-refractivity contribution in [1.29, 1.82) is 0 Å². The normalized spacial score (nSPS) is 21.1. The Morgan fingerprint density at radius 2 is 1.74 bits per heavy atom. The van der Waals surface area contributed by atoms with Gasteiger partial charge in [0, 0.05) is 26.2 Å². The summed E-state index contributed by atoms with van der Waals surface area (Å²) in [6.07, 6.45) is 5.68. The Kier molecular flexibility index (Phi) is 7.76. The largest absolute Gasteiger partial charge is 0.493 e. The number of methoxy groups -OCH3 is 1. The Morgan fingerprint density at radius 1 is 1.04 bits per heavy atom. The van der Waals surface area contributed by atoms with Gasteiger partial charge in [-0.15, -0.1) is 0 Å². The zero-order valence-electron chi connectivity index (χ0n) is 16.5. The molecule has 0 spiro atoms. The molecule has 1 aromatic carbocycles. The van der Waals surface area contributed by atoms with E-state index in [0.717, 1.165) is 38.3 Å². The van der Waals surface area contributed by atoms with Crippen LogP contribution in [-0.2, 0) is 6.54 Å². The van der Waals surface area contributed by atoms with E-state index in [2.05, 4.69) is 9.80 Å². The monoisotopic (exact) mass is 378 g/mol. The first-order valence-corrected chi connectivity index (χ1v) is 10.2. The molecule has 0 aliphatic carbocycles. The third-order valence-corrected chi connectivity index (χ3v) is 5.42. The van der Waals surface area contributed by atoms with Crippen molar-refractivity contribution in [3.8, 4) is 11.5 Å². The van der Waals surface area contributed by atoms with Gasteiger partial charge in [-0.3, -0.25) is 4.90 Å². The first kappa shape index (κ1) is 20.4. The van der Waals surface area contributed by atoms with E-state index < -0.39 is 6.10 Å². The van der Waals surface area contributed by atoms with Crippen molar-refractivity contribution in [2.75, 3.05) is 46.4 Å². The maximum Gasteiger partial charge on any atom is 0.161 e. The predicted octanol–water partition coefficient (Wildman–Crippen LogP) is 1.88. The number of ether oxygens (including phenoxy) is 2. The maximum absolute atomic E-state index is 10.4. The molecule has 27 heavy (non-hydrogen) atoms. The number of likely N-dealkylation sites (tertiary alicyclic amines) is 2. The van der Waals surface area contributed by atoms with Crippen molar-refractivity contribution in [3.05, 3.63) is 23.8 Å². The van der Waals surface area contributed by atoms with Gasteiger partial charge in [-0.2, -0.15) is 0 Å². The Hall–Kier alpha value is -1.34. The van der Waals surface area contributed by atoms with Gasteiger partial charge < -0.3 is 24.6 Å². The molecular weight excluding hydrogens is 344 g/mol. The third kappa shape index (κ3) is 6.35. The minimum Gasteiger partial charge on any atom is -0.493 e. The highest BCUT2D eigenvalue weighted by Gasteiger charge is 2.24. The zero-order valence-corrected chi connectivity index (χ0v) is 16.5. The van der Waals surface area contributed by atoms with E-state index in [9.17, 15) is 10.2 Å². The van der Waals surface area contributed by atoms with Gasteiger partial charge in [0.2, 0.25) is 0 Å². The second-order valence-electron chi connectivity index (χ2n) is 7.87. The fourth-order valence-electron chi connectivity index (χ4n) is 3.89. The minimum atomic E-state index is -0.503. The fraction of sp³-hybridized carbons (Fsp3) is 0.714. The second kappa shape index (κ2) is 10.3. The van der Waals surface area contributed by atoms with E-state index in [1.165, 1.54) is 32.1 Å². The SMILES string of the molecule is COc1cc(CN2CC(O)C2)ccc1OC[C@@H](O)CN1CCCCCCC1. The molecule has 2 N–H and O–H groups in total. The van der Waals surface area contributed by atoms with Crippen molar-refractivity contribution in [3.63, 3.8) is 0 Å². The van der Waals surface area contributed by atoms with Crippen molar-refractivity contribution in [2.45, 2.75) is 50.9 Å². The minimum absolute atomic E-state index is 0.190. The van der Waals surface area contributed by atoms with E-state index in [1.807, 2.05) is 18.2 Å². The molecule has 0 saturated carbocycles. The van der Waals surface area contributed by atoms with Crippen LogP contribution in [0.1, 0.15) is 37.7 Å². The summed E-state index contributed by atoms with van der Waals surface area (Å²) in [7, 11) is 1.63. The van der Waals surface area contributed by atoms with E-state index in [1.54, 1.807) is 7.11 Å². The van der Waals surface area contributed by atoms with Crippen LogP contribution in [0.2, 0.25) is 0 Å². The van der Waals surface area contributed by atoms with Crippen LogP contribution in [0, 0.1) is 0 Å². The highest BCUT2D eigenvalue weighted by Crippen LogP contribution is 2.29. The highest BCUT2D eigenvalue weighted by molar-refractivity contribution is 5.43. The molecule has 2 aliphatic heterocycles. The van der Waals surface area contributed by atoms with Gasteiger partial charge in [0.05, 0.1) is 13.2 Å². The second-order valence-corrected chi connectivity index (χ2v) is 7.87. The number of aliphatic hydroxyl groups is 2. The molecule has 3 rings (SSSR count). The third-order valence-electron chi connectivity index (χ3n) is 5.42. The number of aliphatic hydroxyl groups excluding tert-OH is 2. The van der Waals surface area contributed by atoms with Crippen LogP contribution in [0.15, 0.2) is 18.2 Å². The van der Waals surface area contributed by atoms with Crippen LogP contribution >= 0.6 is 0 Å². The molecule has 2 aliphatic rings. The van der Waals surface area contributed by atoms with Crippen molar-refractivity contribution in [2.24, 2.45) is 0 Å². The molecule has 6 heteroatoms. The molecule has 0 amide bonds. The number of rotatable bonds is 8. The number of β-amino-alcohol motifs (C(OH)–C–C–N with tert-alkyl or cyclic N) is 2. The summed E-state index contributed by atoms with van der Waals surface area (Å²) in [4.78, 5) is 4.54. The fourth-order valence-corrected chi connectivity index (χ4v) is 3.89. The van der Waals surface area contributed by atoms with Crippen LogP contribution in [-0.4, -0.2) is 78.7 Å². The molecule has 0 unspecified atom stereocenters. The molecule has 1 atom stereocenters. The van der Waals surface area contributed by atoms with Crippen molar-refractivity contribution < 1.29 is 19.7 Å². The van der Waals surface area contributed by atoms with Gasteiger partial charge in [0.15, 0.2) is 11.5 Å². The van der Waals surface area contributed by atoms with Crippen molar-refractivity contribution >= 4 is 0 Å². The van der Waals surface area contributed by atoms with Gasteiger partial charge in [0.25, 0.3) is 0 Å². The molecule has 152 valence electrons. The Labute approximate surface area is 162 Å². The van der Waals surface area contributed by atoms with E-state index in [-0.39, 0.29) is 12.7 Å². The van der Waals surface area contributed by atoms with Gasteiger partial charge in [-0.25, -0.2) is 0 Å². The Bertz CT molecular complexity index is 569. The molecule has 1 aromatic rings. The van der Waals surface area contributed by atoms with Gasteiger partial charge in [0.1, 0.15) is 12.7 Å². The summed E-state index contributed by atoms with van der Waals surface area (Å²) in [5, 5.41) is 19.8. The summed E-state index contributed by atoms with van der Waals surface area (Å²) in [5.74, 6) is 1.35. The first-order chi connectivity index (χ1) is 13.1. The zero-order chi connectivity index (χ0) is 19.1. The molecule has 2 heterocycles. The molecule has 0 aromatic heterocycles. The van der Waals surface area contributed by atoms with E-state index in [4.69, 9.17) is 9.47 Å². The Morgan fingerprint density at radius 3 is 2.41 bits per heavy atom. The van der Waals surface area contributed by atoms with Gasteiger partial charge in [-0.05, 0) is 43.6 Å². The average Bonchev–Trinajstić information content (AvgIpc) is 2.61. The highest BCUT2D eigenvalue weighted by atomic mass is 16.5. The van der Waals surface area contributed by atoms with E-state index >= 15 is 0 Å². The van der Waals surface area contributed by atoms with Crippen LogP contribution in [0.3, 0.4) is 0 Å². The first-order valence-electron chi connectivity index (χ1n) is 10.2. The summed E-state index contributed by atoms with van der Waals surface area (Å²) >= 11 is 0. The molecule has 2 fully saturated rings. The smallest absolute Gasteiger partial charge is 0.161 e. The average molecular weight is 379 g/mol. The summed E-state index contributed by atoms with van der Waals surface area (Å²) in [5.41, 5.74) is 1.13. The lowest BCUT2D eigenvalue weighted by Crippen LogP contribution is -2.49. The van der Waals surface area contributed by atoms with Crippen LogP contribution < -0.4 is 9.47 Å². The topological polar surface area (TPSA) is 65.4 Å². The van der Waals surface area contributed by atoms with Crippen LogP contribution in [0.5, 0.6) is 11.5 Å². The quantitative estimate of drug-likeness (QED) is 0.720. The molecule has 6 nitrogen and oxygen atoms in total. The van der Waals surface area contributed by atoms with Gasteiger partial charge >= 0.3 is 0 Å². The van der Waals surface area contributed by atoms with Crippen LogP contribution in [0.4, 0.5) is 0 Å². The standard InChI is InChI=1S/C21H34N2O4/c1-26-21-11-17(12-23-13-18(24)14-23)7-8-20(21)27-16-19(25)15-22-9-5-3-2-4-6-10-22/h7-8,11,18-19,24-25H,2-6,9-10,12-16H2,1H3/t19-/m0/s1. The predicted molar refractivity (Wildman–Crippen MR) is 105 cm³/mol. The number of hydrogen-bond donors (Lipinski definition) is 2. The number of nitrogens with zero attached hydrogens (tertiary/aromatic N) is 2. The van der Waals surface area contributed by atoms with Crippen molar-refractivity contribution in [1.82, 2.24) is 9.80 Å². The molecular formula is C21H34N2O4. The molecule has 0 radical (unpaired) electrons. The number of benzene rings is 1. The lowest BCUT2D eigenvalue weighted by atomic mass is 10.1. The molecule has 2 saturated heterocycles. The summed E-state index contributed by atoms with van der Waals surface area (Å²) in [6.45, 7) is 5.32. The van der Waals surface area contributed by atoms with Gasteiger partial charge in [-0.1, -0.05) is 25.3 Å². The Balaban J connectivity index is 1.47. The summed E-state index contributed by atoms with van der Waals surface area (Å²) in [6, 6.07) is 5.91. The van der Waals surface area contributed by atoms with Crippen LogP contribution in [0.25, 0.3) is 0 Å². The maximum atomic E-state index is 10.4. The summed E-state index contributed by atoms with van der Waals surface area (Å²) < 4.78 is 11.3. The lowest BCUT2D eigenvalue weighted by Gasteiger charge is -2.35.